The fourth-order valence-corrected chi connectivity index (χ4v) is 1.82. The van der Waals surface area contributed by atoms with Crippen molar-refractivity contribution in [3.8, 4) is 11.8 Å². The summed E-state index contributed by atoms with van der Waals surface area (Å²) in [6, 6.07) is 13.1. The predicted octanol–water partition coefficient (Wildman–Crippen LogP) is 3.20. The Morgan fingerprint density at radius 2 is 2.00 bits per heavy atom. The van der Waals surface area contributed by atoms with E-state index in [0.717, 1.165) is 22.7 Å². The van der Waals surface area contributed by atoms with Gasteiger partial charge in [0.2, 0.25) is 0 Å². The fraction of sp³-hybridized carbons (Fsp3) is 0.133. The second kappa shape index (κ2) is 5.32. The summed E-state index contributed by atoms with van der Waals surface area (Å²) in [6.07, 6.45) is 0. The maximum absolute atomic E-state index is 8.96. The number of nitrogens with zero attached hydrogens (tertiary/aromatic N) is 1. The van der Waals surface area contributed by atoms with Crippen LogP contribution in [0.1, 0.15) is 11.1 Å². The number of nitrogens with two attached hydrogens (primary N) is 1. The summed E-state index contributed by atoms with van der Waals surface area (Å²) < 4.78 is 5.16. The first-order valence-corrected chi connectivity index (χ1v) is 5.86. The lowest BCUT2D eigenvalue weighted by Gasteiger charge is -2.13. The van der Waals surface area contributed by atoms with Gasteiger partial charge in [-0.05, 0) is 42.8 Å². The number of nitrogens with one attached hydrogen (secondary N) is 1. The van der Waals surface area contributed by atoms with E-state index in [1.807, 2.05) is 31.2 Å². The van der Waals surface area contributed by atoms with Crippen molar-refractivity contribution >= 4 is 17.1 Å². The number of methoxy groups -OCH3 is 1. The summed E-state index contributed by atoms with van der Waals surface area (Å²) in [5.74, 6) is 0.807. The van der Waals surface area contributed by atoms with Crippen molar-refractivity contribution in [2.75, 3.05) is 18.2 Å². The molecule has 0 unspecified atom stereocenters. The minimum absolute atomic E-state index is 0.459. The van der Waals surface area contributed by atoms with Crippen molar-refractivity contribution < 1.29 is 4.74 Å². The van der Waals surface area contributed by atoms with E-state index in [2.05, 4.69) is 11.4 Å². The molecule has 4 heteroatoms. The van der Waals surface area contributed by atoms with Gasteiger partial charge in [-0.25, -0.2) is 0 Å². The van der Waals surface area contributed by atoms with Crippen LogP contribution in [0.3, 0.4) is 0 Å². The Morgan fingerprint density at radius 3 is 2.63 bits per heavy atom. The van der Waals surface area contributed by atoms with Crippen LogP contribution >= 0.6 is 0 Å². The third-order valence-corrected chi connectivity index (χ3v) is 2.93. The zero-order chi connectivity index (χ0) is 13.8. The number of anilines is 3. The lowest BCUT2D eigenvalue weighted by Crippen LogP contribution is -2.00. The van der Waals surface area contributed by atoms with E-state index in [9.17, 15) is 0 Å². The highest BCUT2D eigenvalue weighted by molar-refractivity contribution is 5.78. The summed E-state index contributed by atoms with van der Waals surface area (Å²) in [5.41, 5.74) is 9.57. The number of hydrogen-bond acceptors (Lipinski definition) is 4. The molecule has 0 radical (unpaired) electrons. The van der Waals surface area contributed by atoms with E-state index in [1.54, 1.807) is 19.2 Å². The third kappa shape index (κ3) is 2.61. The molecule has 0 saturated carbocycles. The fourth-order valence-electron chi connectivity index (χ4n) is 1.82. The first-order chi connectivity index (χ1) is 9.15. The van der Waals surface area contributed by atoms with Crippen LogP contribution in [-0.2, 0) is 0 Å². The number of ether oxygens (including phenoxy) is 1. The summed E-state index contributed by atoms with van der Waals surface area (Å²) in [5, 5.41) is 12.2. The van der Waals surface area contributed by atoms with Crippen molar-refractivity contribution in [3.63, 3.8) is 0 Å². The topological polar surface area (TPSA) is 71.1 Å². The van der Waals surface area contributed by atoms with Crippen LogP contribution in [0.2, 0.25) is 0 Å². The van der Waals surface area contributed by atoms with E-state index in [-0.39, 0.29) is 0 Å². The van der Waals surface area contributed by atoms with E-state index in [4.69, 9.17) is 15.7 Å². The van der Waals surface area contributed by atoms with Gasteiger partial charge in [0, 0.05) is 5.69 Å². The molecule has 4 nitrogen and oxygen atoms in total. The Morgan fingerprint density at radius 1 is 1.21 bits per heavy atom. The molecule has 0 bridgehead atoms. The van der Waals surface area contributed by atoms with Crippen molar-refractivity contribution in [2.45, 2.75) is 6.92 Å². The summed E-state index contributed by atoms with van der Waals surface area (Å²) in [6.45, 7) is 1.98. The molecule has 0 aliphatic rings. The second-order valence-corrected chi connectivity index (χ2v) is 4.18. The van der Waals surface area contributed by atoms with Gasteiger partial charge in [-0.15, -0.1) is 0 Å². The summed E-state index contributed by atoms with van der Waals surface area (Å²) in [4.78, 5) is 0. The molecule has 3 N–H and O–H groups in total. The quantitative estimate of drug-likeness (QED) is 0.824. The molecule has 19 heavy (non-hydrogen) atoms. The summed E-state index contributed by atoms with van der Waals surface area (Å²) >= 11 is 0. The summed E-state index contributed by atoms with van der Waals surface area (Å²) in [7, 11) is 1.64. The Bertz CT molecular complexity index is 644. The molecule has 0 amide bonds. The number of aryl methyl sites for hydroxylation is 1. The number of benzene rings is 2. The lowest BCUT2D eigenvalue weighted by atomic mass is 10.1. The minimum Gasteiger partial charge on any atom is -0.497 e. The van der Waals surface area contributed by atoms with Gasteiger partial charge in [-0.1, -0.05) is 6.07 Å². The van der Waals surface area contributed by atoms with Crippen molar-refractivity contribution in [2.24, 2.45) is 0 Å². The zero-order valence-corrected chi connectivity index (χ0v) is 10.9. The Hall–Kier alpha value is -2.67. The van der Waals surface area contributed by atoms with Gasteiger partial charge in [0.1, 0.15) is 11.8 Å². The molecule has 0 atom stereocenters. The Labute approximate surface area is 112 Å². The standard InChI is InChI=1S/C15H15N3O/c1-10-8-12(19-2)6-7-13(10)18-14-5-3-4-11(9-16)15(14)17/h3-8,18H,17H2,1-2H3. The van der Waals surface area contributed by atoms with Gasteiger partial charge in [-0.2, -0.15) is 5.26 Å². The Balaban J connectivity index is 2.34. The van der Waals surface area contributed by atoms with E-state index in [1.165, 1.54) is 0 Å². The molecule has 0 fully saturated rings. The highest BCUT2D eigenvalue weighted by atomic mass is 16.5. The molecule has 0 heterocycles. The minimum atomic E-state index is 0.459. The molecule has 2 aromatic rings. The van der Waals surface area contributed by atoms with Crippen LogP contribution < -0.4 is 15.8 Å². The monoisotopic (exact) mass is 253 g/mol. The average molecular weight is 253 g/mol. The molecule has 0 spiro atoms. The second-order valence-electron chi connectivity index (χ2n) is 4.18. The zero-order valence-electron chi connectivity index (χ0n) is 10.9. The molecule has 2 aromatic carbocycles. The van der Waals surface area contributed by atoms with Gasteiger partial charge in [0.05, 0.1) is 24.0 Å². The predicted molar refractivity (Wildman–Crippen MR) is 76.6 cm³/mol. The van der Waals surface area contributed by atoms with Crippen molar-refractivity contribution in [1.29, 1.82) is 5.26 Å². The van der Waals surface area contributed by atoms with Crippen LogP contribution in [0.5, 0.6) is 5.75 Å². The largest absolute Gasteiger partial charge is 0.497 e. The van der Waals surface area contributed by atoms with Crippen LogP contribution in [0.15, 0.2) is 36.4 Å². The van der Waals surface area contributed by atoms with Crippen molar-refractivity contribution in [3.05, 3.63) is 47.5 Å². The SMILES string of the molecule is COc1ccc(Nc2cccc(C#N)c2N)c(C)c1. The number of nitrogen functional groups attached to an aromatic ring is 1. The number of para-hydroxylation sites is 1. The first kappa shape index (κ1) is 12.8. The van der Waals surface area contributed by atoms with Crippen LogP contribution in [0.25, 0.3) is 0 Å². The van der Waals surface area contributed by atoms with Gasteiger partial charge in [0.15, 0.2) is 0 Å². The number of hydrogen-bond donors (Lipinski definition) is 2. The van der Waals surface area contributed by atoms with Crippen LogP contribution in [-0.4, -0.2) is 7.11 Å². The molecular weight excluding hydrogens is 238 g/mol. The molecule has 0 aliphatic heterocycles. The number of rotatable bonds is 3. The maximum Gasteiger partial charge on any atom is 0.119 e. The highest BCUT2D eigenvalue weighted by Gasteiger charge is 2.06. The molecule has 2 rings (SSSR count). The smallest absolute Gasteiger partial charge is 0.119 e. The molecule has 96 valence electrons. The molecule has 0 saturated heterocycles. The van der Waals surface area contributed by atoms with Gasteiger partial charge in [0.25, 0.3) is 0 Å². The van der Waals surface area contributed by atoms with E-state index < -0.39 is 0 Å². The van der Waals surface area contributed by atoms with Crippen molar-refractivity contribution in [1.82, 2.24) is 0 Å². The van der Waals surface area contributed by atoms with Gasteiger partial charge >= 0.3 is 0 Å². The van der Waals surface area contributed by atoms with E-state index >= 15 is 0 Å². The normalized spacial score (nSPS) is 9.74. The Kier molecular flexibility index (Phi) is 3.58. The first-order valence-electron chi connectivity index (χ1n) is 5.86. The average Bonchev–Trinajstić information content (AvgIpc) is 2.43. The highest BCUT2D eigenvalue weighted by Crippen LogP contribution is 2.29. The van der Waals surface area contributed by atoms with Gasteiger partial charge in [-0.3, -0.25) is 0 Å². The third-order valence-electron chi connectivity index (χ3n) is 2.93. The molecule has 0 aliphatic carbocycles. The number of nitriles is 1. The maximum atomic E-state index is 8.96. The van der Waals surface area contributed by atoms with E-state index in [0.29, 0.717) is 11.3 Å². The van der Waals surface area contributed by atoms with Crippen LogP contribution in [0.4, 0.5) is 17.1 Å². The van der Waals surface area contributed by atoms with Crippen LogP contribution in [0, 0.1) is 18.3 Å². The van der Waals surface area contributed by atoms with Gasteiger partial charge < -0.3 is 15.8 Å². The molecule has 0 aromatic heterocycles. The lowest BCUT2D eigenvalue weighted by molar-refractivity contribution is 0.414. The molecular formula is C15H15N3O.